The molecule has 8 heteroatoms. The lowest BCUT2D eigenvalue weighted by atomic mass is 9.96. The van der Waals surface area contributed by atoms with Crippen LogP contribution in [0.4, 0.5) is 5.82 Å². The van der Waals surface area contributed by atoms with Crippen molar-refractivity contribution in [2.75, 3.05) is 45.7 Å². The number of para-hydroxylation sites is 1. The van der Waals surface area contributed by atoms with Crippen LogP contribution in [0, 0.1) is 5.92 Å². The Labute approximate surface area is 185 Å². The number of hydrogen-bond donors (Lipinski definition) is 1. The molecule has 1 atom stereocenters. The molecule has 1 N–H and O–H groups in total. The van der Waals surface area contributed by atoms with Crippen molar-refractivity contribution >= 4 is 33.6 Å². The third-order valence-electron chi connectivity index (χ3n) is 4.97. The fraction of sp³-hybridized carbons (Fsp3) is 0.409. The SMILES string of the molecule is CN(C)CCOc1ccccc1C(=O)N1CCCC(C(=O)Nc2ccc(Br)cn2)C1. The predicted octanol–water partition coefficient (Wildman–Crippen LogP) is 3.28. The molecule has 0 radical (unpaired) electrons. The number of anilines is 1. The number of halogens is 1. The molecule has 2 aromatic rings. The van der Waals surface area contributed by atoms with Crippen LogP contribution < -0.4 is 10.1 Å². The van der Waals surface area contributed by atoms with Crippen molar-refractivity contribution in [2.45, 2.75) is 12.8 Å². The zero-order valence-corrected chi connectivity index (χ0v) is 18.9. The Kier molecular flexibility index (Phi) is 7.81. The molecule has 1 aromatic carbocycles. The Morgan fingerprint density at radius 3 is 2.80 bits per heavy atom. The lowest BCUT2D eigenvalue weighted by Gasteiger charge is -2.32. The second-order valence-corrected chi connectivity index (χ2v) is 8.50. The van der Waals surface area contributed by atoms with E-state index in [9.17, 15) is 9.59 Å². The Hall–Kier alpha value is -2.45. The molecule has 1 saturated heterocycles. The molecular weight excluding hydrogens is 448 g/mol. The van der Waals surface area contributed by atoms with Gasteiger partial charge in [0.15, 0.2) is 0 Å². The summed E-state index contributed by atoms with van der Waals surface area (Å²) in [6, 6.07) is 10.9. The Morgan fingerprint density at radius 2 is 2.07 bits per heavy atom. The summed E-state index contributed by atoms with van der Waals surface area (Å²) in [5, 5.41) is 2.85. The number of carbonyl (C=O) groups excluding carboxylic acids is 2. The largest absolute Gasteiger partial charge is 0.491 e. The lowest BCUT2D eigenvalue weighted by Crippen LogP contribution is -2.44. The van der Waals surface area contributed by atoms with E-state index in [1.807, 2.05) is 43.3 Å². The van der Waals surface area contributed by atoms with Gasteiger partial charge in [-0.2, -0.15) is 0 Å². The van der Waals surface area contributed by atoms with E-state index in [0.717, 1.165) is 23.9 Å². The predicted molar refractivity (Wildman–Crippen MR) is 120 cm³/mol. The Morgan fingerprint density at radius 1 is 1.27 bits per heavy atom. The summed E-state index contributed by atoms with van der Waals surface area (Å²) < 4.78 is 6.69. The van der Waals surface area contributed by atoms with Crippen LogP contribution >= 0.6 is 15.9 Å². The van der Waals surface area contributed by atoms with E-state index in [0.29, 0.717) is 36.8 Å². The van der Waals surface area contributed by atoms with Crippen molar-refractivity contribution in [1.29, 1.82) is 0 Å². The van der Waals surface area contributed by atoms with Gasteiger partial charge in [-0.05, 0) is 67.1 Å². The maximum absolute atomic E-state index is 13.2. The highest BCUT2D eigenvalue weighted by molar-refractivity contribution is 9.10. The number of rotatable bonds is 7. The fourth-order valence-electron chi connectivity index (χ4n) is 3.33. The smallest absolute Gasteiger partial charge is 0.257 e. The summed E-state index contributed by atoms with van der Waals surface area (Å²) in [6.07, 6.45) is 3.16. The number of ether oxygens (including phenoxy) is 1. The number of pyridine rings is 1. The maximum atomic E-state index is 13.2. The molecular formula is C22H27BrN4O3. The van der Waals surface area contributed by atoms with Crippen LogP contribution in [-0.4, -0.2) is 66.9 Å². The minimum absolute atomic E-state index is 0.102. The van der Waals surface area contributed by atoms with Gasteiger partial charge in [0.05, 0.1) is 11.5 Å². The van der Waals surface area contributed by atoms with Crippen molar-refractivity contribution in [1.82, 2.24) is 14.8 Å². The third-order valence-corrected chi connectivity index (χ3v) is 5.44. The molecule has 160 valence electrons. The van der Waals surface area contributed by atoms with Gasteiger partial charge in [0, 0.05) is 30.3 Å². The fourth-order valence-corrected chi connectivity index (χ4v) is 3.57. The van der Waals surface area contributed by atoms with Gasteiger partial charge in [0.2, 0.25) is 5.91 Å². The van der Waals surface area contributed by atoms with Crippen molar-refractivity contribution in [3.05, 3.63) is 52.6 Å². The molecule has 2 heterocycles. The van der Waals surface area contributed by atoms with Gasteiger partial charge in [-0.25, -0.2) is 4.98 Å². The Bertz CT molecular complexity index is 873. The minimum Gasteiger partial charge on any atom is -0.491 e. The molecule has 0 aliphatic carbocycles. The first-order valence-electron chi connectivity index (χ1n) is 10.0. The molecule has 7 nitrogen and oxygen atoms in total. The molecule has 1 fully saturated rings. The van der Waals surface area contributed by atoms with E-state index in [1.165, 1.54) is 0 Å². The summed E-state index contributed by atoms with van der Waals surface area (Å²) in [7, 11) is 3.95. The van der Waals surface area contributed by atoms with Gasteiger partial charge in [-0.15, -0.1) is 0 Å². The van der Waals surface area contributed by atoms with E-state index < -0.39 is 0 Å². The number of hydrogen-bond acceptors (Lipinski definition) is 5. The van der Waals surface area contributed by atoms with Gasteiger partial charge in [0.1, 0.15) is 18.2 Å². The zero-order chi connectivity index (χ0) is 21.5. The van der Waals surface area contributed by atoms with E-state index in [-0.39, 0.29) is 17.7 Å². The van der Waals surface area contributed by atoms with Crippen LogP contribution in [-0.2, 0) is 4.79 Å². The average molecular weight is 475 g/mol. The van der Waals surface area contributed by atoms with Gasteiger partial charge < -0.3 is 19.9 Å². The molecule has 3 rings (SSSR count). The highest BCUT2D eigenvalue weighted by atomic mass is 79.9. The van der Waals surface area contributed by atoms with E-state index >= 15 is 0 Å². The summed E-state index contributed by atoms with van der Waals surface area (Å²) in [4.78, 5) is 33.8. The summed E-state index contributed by atoms with van der Waals surface area (Å²) in [5.41, 5.74) is 0.534. The van der Waals surface area contributed by atoms with Gasteiger partial charge in [0.25, 0.3) is 5.91 Å². The van der Waals surface area contributed by atoms with Gasteiger partial charge in [-0.3, -0.25) is 9.59 Å². The van der Waals surface area contributed by atoms with E-state index in [4.69, 9.17) is 4.74 Å². The second-order valence-electron chi connectivity index (χ2n) is 7.59. The van der Waals surface area contributed by atoms with Crippen LogP contribution in [0.1, 0.15) is 23.2 Å². The molecule has 2 amide bonds. The first kappa shape index (κ1) is 22.2. The van der Waals surface area contributed by atoms with Crippen LogP contribution in [0.2, 0.25) is 0 Å². The summed E-state index contributed by atoms with van der Waals surface area (Å²) in [5.74, 6) is 0.601. The Balaban J connectivity index is 1.64. The normalized spacial score (nSPS) is 16.4. The summed E-state index contributed by atoms with van der Waals surface area (Å²) >= 11 is 3.33. The number of benzene rings is 1. The lowest BCUT2D eigenvalue weighted by molar-refractivity contribution is -0.121. The molecule has 0 spiro atoms. The summed E-state index contributed by atoms with van der Waals surface area (Å²) in [6.45, 7) is 2.28. The quantitative estimate of drug-likeness (QED) is 0.666. The molecule has 1 aliphatic rings. The van der Waals surface area contributed by atoms with E-state index in [2.05, 4.69) is 26.2 Å². The molecule has 0 saturated carbocycles. The molecule has 1 aliphatic heterocycles. The number of likely N-dealkylation sites (N-methyl/N-ethyl adjacent to an activating group) is 1. The number of carbonyl (C=O) groups is 2. The van der Waals surface area contributed by atoms with Crippen molar-refractivity contribution in [2.24, 2.45) is 5.92 Å². The highest BCUT2D eigenvalue weighted by Crippen LogP contribution is 2.24. The zero-order valence-electron chi connectivity index (χ0n) is 17.3. The molecule has 1 unspecified atom stereocenters. The van der Waals surface area contributed by atoms with Crippen LogP contribution in [0.5, 0.6) is 5.75 Å². The van der Waals surface area contributed by atoms with Crippen molar-refractivity contribution in [3.63, 3.8) is 0 Å². The first-order valence-corrected chi connectivity index (χ1v) is 10.8. The number of likely N-dealkylation sites (tertiary alicyclic amines) is 1. The number of nitrogens with one attached hydrogen (secondary N) is 1. The minimum atomic E-state index is -0.269. The number of piperidine rings is 1. The molecule has 30 heavy (non-hydrogen) atoms. The highest BCUT2D eigenvalue weighted by Gasteiger charge is 2.30. The van der Waals surface area contributed by atoms with E-state index in [1.54, 1.807) is 23.2 Å². The van der Waals surface area contributed by atoms with Crippen LogP contribution in [0.25, 0.3) is 0 Å². The number of amides is 2. The average Bonchev–Trinajstić information content (AvgIpc) is 2.75. The first-order chi connectivity index (χ1) is 14.4. The number of aromatic nitrogens is 1. The number of nitrogens with zero attached hydrogens (tertiary/aromatic N) is 3. The third kappa shape index (κ3) is 6.03. The van der Waals surface area contributed by atoms with Crippen molar-refractivity contribution in [3.8, 4) is 5.75 Å². The van der Waals surface area contributed by atoms with Crippen LogP contribution in [0.15, 0.2) is 47.1 Å². The standard InChI is InChI=1S/C22H27BrN4O3/c1-26(2)12-13-30-19-8-4-3-7-18(19)22(29)27-11-5-6-16(15-27)21(28)25-20-10-9-17(23)14-24-20/h3-4,7-10,14,16H,5-6,11-13,15H2,1-2H3,(H,24,25,28). The van der Waals surface area contributed by atoms with Crippen LogP contribution in [0.3, 0.4) is 0 Å². The molecule has 1 aromatic heterocycles. The van der Waals surface area contributed by atoms with Crippen molar-refractivity contribution < 1.29 is 14.3 Å². The van der Waals surface area contributed by atoms with Gasteiger partial charge >= 0.3 is 0 Å². The van der Waals surface area contributed by atoms with Gasteiger partial charge in [-0.1, -0.05) is 12.1 Å². The topological polar surface area (TPSA) is 74.8 Å². The molecule has 0 bridgehead atoms. The second kappa shape index (κ2) is 10.5. The maximum Gasteiger partial charge on any atom is 0.257 e. The monoisotopic (exact) mass is 474 g/mol.